The van der Waals surface area contributed by atoms with E-state index in [0.29, 0.717) is 11.6 Å². The van der Waals surface area contributed by atoms with E-state index < -0.39 is 5.41 Å². The molecule has 0 fully saturated rings. The maximum Gasteiger partial charge on any atom is 0.163 e. The molecule has 1 aliphatic carbocycles. The quantitative estimate of drug-likeness (QED) is 0.181. The number of benzene rings is 7. The first-order valence-electron chi connectivity index (χ1n) is 18.8. The van der Waals surface area contributed by atoms with Crippen molar-refractivity contribution in [1.82, 2.24) is 19.9 Å². The number of hydrogen-bond acceptors (Lipinski definition) is 5. The van der Waals surface area contributed by atoms with Crippen LogP contribution in [0.2, 0.25) is 0 Å². The molecular weight excluding hydrogens is 685 g/mol. The van der Waals surface area contributed by atoms with E-state index in [0.717, 1.165) is 67.4 Å². The van der Waals surface area contributed by atoms with Crippen LogP contribution in [-0.2, 0) is 5.41 Å². The van der Waals surface area contributed by atoms with Gasteiger partial charge in [-0.25, -0.2) is 19.9 Å². The fraction of sp³-hybridized carbons (Fsp3) is 0.0196. The molecule has 5 heteroatoms. The summed E-state index contributed by atoms with van der Waals surface area (Å²) in [6.07, 6.45) is 3.64. The Morgan fingerprint density at radius 2 is 0.839 bits per heavy atom. The zero-order valence-electron chi connectivity index (χ0n) is 30.2. The van der Waals surface area contributed by atoms with Gasteiger partial charge in [0.25, 0.3) is 0 Å². The highest BCUT2D eigenvalue weighted by Gasteiger charge is 2.49. The summed E-state index contributed by atoms with van der Waals surface area (Å²) < 4.78 is 6.70. The second-order valence-corrected chi connectivity index (χ2v) is 14.2. The zero-order chi connectivity index (χ0) is 37.1. The second kappa shape index (κ2) is 12.8. The summed E-state index contributed by atoms with van der Waals surface area (Å²) in [5.74, 6) is 2.90. The van der Waals surface area contributed by atoms with Crippen molar-refractivity contribution in [3.63, 3.8) is 0 Å². The van der Waals surface area contributed by atoms with Crippen LogP contribution in [0.1, 0.15) is 22.3 Å². The first kappa shape index (κ1) is 32.0. The molecule has 11 rings (SSSR count). The SMILES string of the molecule is c1ccc(-c2cc(-c3ccc4c(c3)C3(c5ccccc5Oc5ccccc53)c3ccccc3-c3ccccc3-4)nc(-c3cnc(-c4ccccc4)nc3)n2)cc1. The van der Waals surface area contributed by atoms with Gasteiger partial charge in [-0.05, 0) is 57.6 Å². The number of rotatable bonds is 4. The standard InChI is InChI=1S/C51H32N4O/c1-3-15-33(16-4-1)45-30-46(55-50(54-45)36-31-52-49(53-32-36)34-17-5-2-6-18-34)35-27-28-40-38-20-8-7-19-37(38)39-21-9-10-22-41(39)51(44(40)29-35)42-23-11-13-25-47(42)56-48-26-14-12-24-43(48)51/h1-32H. The minimum absolute atomic E-state index is 0.558. The number of aromatic nitrogens is 4. The van der Waals surface area contributed by atoms with Crippen LogP contribution in [0.25, 0.3) is 67.5 Å². The van der Waals surface area contributed by atoms with Crippen LogP contribution in [0.3, 0.4) is 0 Å². The van der Waals surface area contributed by atoms with Gasteiger partial charge in [0.2, 0.25) is 0 Å². The van der Waals surface area contributed by atoms with Gasteiger partial charge in [-0.3, -0.25) is 0 Å². The molecule has 56 heavy (non-hydrogen) atoms. The third-order valence-corrected chi connectivity index (χ3v) is 11.1. The van der Waals surface area contributed by atoms with Gasteiger partial charge in [0.15, 0.2) is 11.6 Å². The minimum Gasteiger partial charge on any atom is -0.457 e. The molecule has 1 aliphatic heterocycles. The van der Waals surface area contributed by atoms with Crippen molar-refractivity contribution < 1.29 is 4.74 Å². The summed E-state index contributed by atoms with van der Waals surface area (Å²) in [7, 11) is 0. The summed E-state index contributed by atoms with van der Waals surface area (Å²) in [5, 5.41) is 0. The average molecular weight is 717 g/mol. The maximum atomic E-state index is 6.70. The van der Waals surface area contributed by atoms with Crippen LogP contribution in [0, 0.1) is 0 Å². The Morgan fingerprint density at radius 1 is 0.339 bits per heavy atom. The molecule has 0 bridgehead atoms. The van der Waals surface area contributed by atoms with Gasteiger partial charge in [-0.15, -0.1) is 0 Å². The van der Waals surface area contributed by atoms with E-state index in [-0.39, 0.29) is 0 Å². The molecule has 2 aliphatic rings. The van der Waals surface area contributed by atoms with Gasteiger partial charge in [0, 0.05) is 40.2 Å². The number of ether oxygens (including phenoxy) is 1. The molecule has 0 atom stereocenters. The number of para-hydroxylation sites is 2. The largest absolute Gasteiger partial charge is 0.457 e. The van der Waals surface area contributed by atoms with Crippen LogP contribution < -0.4 is 4.74 Å². The lowest BCUT2D eigenvalue weighted by molar-refractivity contribution is 0.435. The highest BCUT2D eigenvalue weighted by atomic mass is 16.5. The molecule has 0 saturated heterocycles. The van der Waals surface area contributed by atoms with Gasteiger partial charge in [0.1, 0.15) is 11.5 Å². The molecule has 262 valence electrons. The van der Waals surface area contributed by atoms with Gasteiger partial charge in [-0.1, -0.05) is 158 Å². The average Bonchev–Trinajstić information content (AvgIpc) is 3.38. The van der Waals surface area contributed by atoms with E-state index >= 15 is 0 Å². The van der Waals surface area contributed by atoms with E-state index in [1.807, 2.05) is 60.9 Å². The van der Waals surface area contributed by atoms with Crippen molar-refractivity contribution in [2.45, 2.75) is 5.41 Å². The van der Waals surface area contributed by atoms with Gasteiger partial charge in [-0.2, -0.15) is 0 Å². The normalized spacial score (nSPS) is 12.9. The first-order chi connectivity index (χ1) is 27.8. The lowest BCUT2D eigenvalue weighted by Gasteiger charge is -2.42. The van der Waals surface area contributed by atoms with Gasteiger partial charge in [0.05, 0.1) is 22.4 Å². The minimum atomic E-state index is -0.717. The predicted molar refractivity (Wildman–Crippen MR) is 222 cm³/mol. The lowest BCUT2D eigenvalue weighted by atomic mass is 9.62. The van der Waals surface area contributed by atoms with Crippen molar-refractivity contribution in [2.75, 3.05) is 0 Å². The molecule has 7 aromatic carbocycles. The van der Waals surface area contributed by atoms with Crippen LogP contribution in [-0.4, -0.2) is 19.9 Å². The highest BCUT2D eigenvalue weighted by Crippen LogP contribution is 2.61. The lowest BCUT2D eigenvalue weighted by Crippen LogP contribution is -2.34. The molecule has 0 unspecified atom stereocenters. The van der Waals surface area contributed by atoms with Crippen LogP contribution in [0.15, 0.2) is 194 Å². The molecule has 2 aromatic heterocycles. The first-order valence-corrected chi connectivity index (χ1v) is 18.8. The molecule has 3 heterocycles. The third kappa shape index (κ3) is 4.95. The summed E-state index contributed by atoms with van der Waals surface area (Å²) >= 11 is 0. The molecule has 0 amide bonds. The third-order valence-electron chi connectivity index (χ3n) is 11.1. The molecule has 9 aromatic rings. The Bertz CT molecular complexity index is 2900. The van der Waals surface area contributed by atoms with Crippen molar-refractivity contribution in [2.24, 2.45) is 0 Å². The van der Waals surface area contributed by atoms with Crippen molar-refractivity contribution >= 4 is 0 Å². The highest BCUT2D eigenvalue weighted by molar-refractivity contribution is 5.94. The molecule has 0 saturated carbocycles. The number of fused-ring (bicyclic) bond motifs is 11. The summed E-state index contributed by atoms with van der Waals surface area (Å²) in [5.41, 5.74) is 13.9. The smallest absolute Gasteiger partial charge is 0.163 e. The van der Waals surface area contributed by atoms with Gasteiger partial charge < -0.3 is 4.74 Å². The zero-order valence-corrected chi connectivity index (χ0v) is 30.2. The van der Waals surface area contributed by atoms with Crippen molar-refractivity contribution in [3.8, 4) is 79.0 Å². The van der Waals surface area contributed by atoms with E-state index in [4.69, 9.17) is 24.7 Å². The van der Waals surface area contributed by atoms with E-state index in [9.17, 15) is 0 Å². The Labute approximate surface area is 324 Å². The van der Waals surface area contributed by atoms with E-state index in [1.165, 1.54) is 22.3 Å². The van der Waals surface area contributed by atoms with Crippen molar-refractivity contribution in [1.29, 1.82) is 0 Å². The fourth-order valence-electron chi connectivity index (χ4n) is 8.63. The second-order valence-electron chi connectivity index (χ2n) is 14.2. The van der Waals surface area contributed by atoms with Gasteiger partial charge >= 0.3 is 0 Å². The van der Waals surface area contributed by atoms with Crippen molar-refractivity contribution in [3.05, 3.63) is 217 Å². The molecular formula is C51H32N4O. The Morgan fingerprint density at radius 3 is 1.48 bits per heavy atom. The monoisotopic (exact) mass is 716 g/mol. The van der Waals surface area contributed by atoms with E-state index in [1.54, 1.807) is 0 Å². The predicted octanol–water partition coefficient (Wildman–Crippen LogP) is 12.1. The Balaban J connectivity index is 1.19. The fourth-order valence-corrected chi connectivity index (χ4v) is 8.63. The van der Waals surface area contributed by atoms with Crippen LogP contribution in [0.4, 0.5) is 0 Å². The summed E-state index contributed by atoms with van der Waals surface area (Å²) in [6.45, 7) is 0. The number of nitrogens with zero attached hydrogens (tertiary/aromatic N) is 4. The Hall–Kier alpha value is -7.50. The number of hydrogen-bond donors (Lipinski definition) is 0. The Kier molecular flexibility index (Phi) is 7.32. The van der Waals surface area contributed by atoms with Crippen LogP contribution >= 0.6 is 0 Å². The molecule has 5 nitrogen and oxygen atoms in total. The molecule has 1 spiro atoms. The maximum absolute atomic E-state index is 6.70. The topological polar surface area (TPSA) is 60.8 Å². The summed E-state index contributed by atoms with van der Waals surface area (Å²) in [4.78, 5) is 19.8. The summed E-state index contributed by atoms with van der Waals surface area (Å²) in [6, 6.07) is 63.8. The molecule has 0 N–H and O–H groups in total. The van der Waals surface area contributed by atoms with Crippen LogP contribution in [0.5, 0.6) is 11.5 Å². The van der Waals surface area contributed by atoms with E-state index in [2.05, 4.69) is 133 Å². The molecule has 0 radical (unpaired) electrons.